The SMILES string of the molecule is CC(C)N1Cc2c(Nc3ccc(C4CCCCC4)cc3)nc(N3CCCOCC3)nc2C1=O. The van der Waals surface area contributed by atoms with Gasteiger partial charge < -0.3 is 19.9 Å². The Morgan fingerprint density at radius 1 is 1.00 bits per heavy atom. The van der Waals surface area contributed by atoms with E-state index in [0.717, 1.165) is 43.2 Å². The average molecular weight is 450 g/mol. The van der Waals surface area contributed by atoms with Crippen molar-refractivity contribution in [2.45, 2.75) is 70.9 Å². The standard InChI is InChI=1S/C26H35N5O2/c1-18(2)31-17-22-23(25(31)32)28-26(30-13-6-15-33-16-14-30)29-24(22)27-21-11-9-20(10-12-21)19-7-4-3-5-8-19/h9-12,18-19H,3-8,13-17H2,1-2H3,(H,27,28,29). The molecule has 3 heterocycles. The normalized spacial score (nSPS) is 19.7. The molecule has 1 aliphatic carbocycles. The minimum absolute atomic E-state index is 0.00887. The van der Waals surface area contributed by atoms with Crippen molar-refractivity contribution in [3.8, 4) is 0 Å². The van der Waals surface area contributed by atoms with E-state index in [2.05, 4.69) is 34.5 Å². The van der Waals surface area contributed by atoms with Crippen molar-refractivity contribution in [2.24, 2.45) is 0 Å². The highest BCUT2D eigenvalue weighted by atomic mass is 16.5. The summed E-state index contributed by atoms with van der Waals surface area (Å²) in [5.74, 6) is 2.03. The number of ether oxygens (including phenoxy) is 1. The minimum atomic E-state index is -0.00887. The van der Waals surface area contributed by atoms with Crippen LogP contribution in [0.15, 0.2) is 24.3 Å². The summed E-state index contributed by atoms with van der Waals surface area (Å²) in [4.78, 5) is 26.8. The quantitative estimate of drug-likeness (QED) is 0.703. The second-order valence-electron chi connectivity index (χ2n) is 9.76. The first-order valence-corrected chi connectivity index (χ1v) is 12.5. The molecule has 0 radical (unpaired) electrons. The molecule has 2 aliphatic heterocycles. The maximum absolute atomic E-state index is 13.1. The van der Waals surface area contributed by atoms with E-state index in [4.69, 9.17) is 14.7 Å². The first-order valence-electron chi connectivity index (χ1n) is 12.5. The monoisotopic (exact) mass is 449 g/mol. The van der Waals surface area contributed by atoms with Crippen LogP contribution in [0, 0.1) is 0 Å². The van der Waals surface area contributed by atoms with Crippen LogP contribution in [-0.4, -0.2) is 53.1 Å². The van der Waals surface area contributed by atoms with Crippen LogP contribution in [0.2, 0.25) is 0 Å². The second kappa shape index (κ2) is 9.67. The van der Waals surface area contributed by atoms with E-state index in [1.165, 1.54) is 37.7 Å². The molecule has 0 bridgehead atoms. The molecule has 0 unspecified atom stereocenters. The maximum atomic E-state index is 13.1. The lowest BCUT2D eigenvalue weighted by Crippen LogP contribution is -2.31. The van der Waals surface area contributed by atoms with Crippen LogP contribution in [0.3, 0.4) is 0 Å². The summed E-state index contributed by atoms with van der Waals surface area (Å²) in [5, 5.41) is 3.52. The van der Waals surface area contributed by atoms with E-state index in [0.29, 0.717) is 30.7 Å². The topological polar surface area (TPSA) is 70.6 Å². The third-order valence-corrected chi connectivity index (χ3v) is 7.17. The molecule has 1 aromatic heterocycles. The lowest BCUT2D eigenvalue weighted by atomic mass is 9.84. The highest BCUT2D eigenvalue weighted by molar-refractivity contribution is 5.98. The number of nitrogens with one attached hydrogen (secondary N) is 1. The van der Waals surface area contributed by atoms with Gasteiger partial charge in [0.2, 0.25) is 5.95 Å². The summed E-state index contributed by atoms with van der Waals surface area (Å²) in [6.07, 6.45) is 7.56. The number of carbonyl (C=O) groups is 1. The Morgan fingerprint density at radius 2 is 1.79 bits per heavy atom. The van der Waals surface area contributed by atoms with Gasteiger partial charge in [-0.05, 0) is 56.7 Å². The molecule has 7 nitrogen and oxygen atoms in total. The first kappa shape index (κ1) is 22.1. The molecule has 5 rings (SSSR count). The molecule has 1 saturated carbocycles. The molecule has 176 valence electrons. The second-order valence-corrected chi connectivity index (χ2v) is 9.76. The molecule has 0 atom stereocenters. The third kappa shape index (κ3) is 4.69. The largest absolute Gasteiger partial charge is 0.380 e. The fourth-order valence-electron chi connectivity index (χ4n) is 5.20. The van der Waals surface area contributed by atoms with Crippen LogP contribution in [0.4, 0.5) is 17.5 Å². The predicted molar refractivity (Wildman–Crippen MR) is 130 cm³/mol. The Morgan fingerprint density at radius 3 is 2.55 bits per heavy atom. The Balaban J connectivity index is 1.44. The lowest BCUT2D eigenvalue weighted by molar-refractivity contribution is 0.0726. The van der Waals surface area contributed by atoms with Crippen LogP contribution in [0.25, 0.3) is 0 Å². The van der Waals surface area contributed by atoms with Crippen molar-refractivity contribution in [2.75, 3.05) is 36.5 Å². The van der Waals surface area contributed by atoms with Gasteiger partial charge in [0.05, 0.1) is 13.2 Å². The molecule has 1 N–H and O–H groups in total. The summed E-state index contributed by atoms with van der Waals surface area (Å²) < 4.78 is 5.61. The fraction of sp³-hybridized carbons (Fsp3) is 0.577. The Labute approximate surface area is 196 Å². The number of carbonyl (C=O) groups excluding carboxylic acids is 1. The number of fused-ring (bicyclic) bond motifs is 1. The Hall–Kier alpha value is -2.67. The summed E-state index contributed by atoms with van der Waals surface area (Å²) in [7, 11) is 0. The highest BCUT2D eigenvalue weighted by Gasteiger charge is 2.35. The van der Waals surface area contributed by atoms with Crippen molar-refractivity contribution < 1.29 is 9.53 Å². The number of rotatable bonds is 5. The fourth-order valence-corrected chi connectivity index (χ4v) is 5.20. The van der Waals surface area contributed by atoms with E-state index >= 15 is 0 Å². The van der Waals surface area contributed by atoms with Gasteiger partial charge >= 0.3 is 0 Å². The van der Waals surface area contributed by atoms with Crippen molar-refractivity contribution in [1.29, 1.82) is 0 Å². The summed E-state index contributed by atoms with van der Waals surface area (Å²) in [5.41, 5.74) is 3.84. The van der Waals surface area contributed by atoms with Crippen LogP contribution < -0.4 is 10.2 Å². The van der Waals surface area contributed by atoms with E-state index in [1.807, 2.05) is 18.7 Å². The summed E-state index contributed by atoms with van der Waals surface area (Å²) in [6, 6.07) is 8.91. The molecule has 7 heteroatoms. The van der Waals surface area contributed by atoms with Gasteiger partial charge in [-0.2, -0.15) is 4.98 Å². The zero-order valence-corrected chi connectivity index (χ0v) is 19.8. The van der Waals surface area contributed by atoms with Gasteiger partial charge in [-0.15, -0.1) is 0 Å². The molecule has 1 amide bonds. The van der Waals surface area contributed by atoms with E-state index in [9.17, 15) is 4.79 Å². The summed E-state index contributed by atoms with van der Waals surface area (Å²) >= 11 is 0. The van der Waals surface area contributed by atoms with E-state index in [1.54, 1.807) is 0 Å². The minimum Gasteiger partial charge on any atom is -0.380 e. The molecule has 0 spiro atoms. The zero-order valence-electron chi connectivity index (χ0n) is 19.8. The molecule has 3 aliphatic rings. The molecular formula is C26H35N5O2. The predicted octanol–water partition coefficient (Wildman–Crippen LogP) is 4.86. The Kier molecular flexibility index (Phi) is 6.49. The third-order valence-electron chi connectivity index (χ3n) is 7.17. The van der Waals surface area contributed by atoms with Gasteiger partial charge in [-0.25, -0.2) is 4.98 Å². The number of nitrogens with zero attached hydrogens (tertiary/aromatic N) is 4. The van der Waals surface area contributed by atoms with Gasteiger partial charge in [-0.3, -0.25) is 4.79 Å². The first-order chi connectivity index (χ1) is 16.1. The molecule has 1 saturated heterocycles. The molecule has 2 fully saturated rings. The Bertz CT molecular complexity index is 977. The number of hydrogen-bond acceptors (Lipinski definition) is 6. The average Bonchev–Trinajstić information content (AvgIpc) is 3.00. The van der Waals surface area contributed by atoms with Crippen molar-refractivity contribution in [1.82, 2.24) is 14.9 Å². The molecule has 1 aromatic carbocycles. The summed E-state index contributed by atoms with van der Waals surface area (Å²) in [6.45, 7) is 7.59. The van der Waals surface area contributed by atoms with Crippen LogP contribution in [0.5, 0.6) is 0 Å². The van der Waals surface area contributed by atoms with Crippen LogP contribution >= 0.6 is 0 Å². The van der Waals surface area contributed by atoms with Gasteiger partial charge in [0, 0.05) is 37.0 Å². The highest BCUT2D eigenvalue weighted by Crippen LogP contribution is 2.35. The van der Waals surface area contributed by atoms with Gasteiger partial charge in [-0.1, -0.05) is 31.4 Å². The lowest BCUT2D eigenvalue weighted by Gasteiger charge is -2.22. The van der Waals surface area contributed by atoms with Crippen LogP contribution in [-0.2, 0) is 11.3 Å². The van der Waals surface area contributed by atoms with Gasteiger partial charge in [0.15, 0.2) is 0 Å². The number of amides is 1. The van der Waals surface area contributed by atoms with Crippen molar-refractivity contribution in [3.63, 3.8) is 0 Å². The number of hydrogen-bond donors (Lipinski definition) is 1. The van der Waals surface area contributed by atoms with Gasteiger partial charge in [0.1, 0.15) is 11.5 Å². The number of benzene rings is 1. The molecule has 2 aromatic rings. The van der Waals surface area contributed by atoms with Crippen LogP contribution in [0.1, 0.15) is 79.9 Å². The number of aromatic nitrogens is 2. The number of anilines is 3. The van der Waals surface area contributed by atoms with Gasteiger partial charge in [0.25, 0.3) is 5.91 Å². The van der Waals surface area contributed by atoms with Crippen molar-refractivity contribution in [3.05, 3.63) is 41.1 Å². The van der Waals surface area contributed by atoms with Crippen molar-refractivity contribution >= 4 is 23.4 Å². The zero-order chi connectivity index (χ0) is 22.8. The van der Waals surface area contributed by atoms with E-state index < -0.39 is 0 Å². The van der Waals surface area contributed by atoms with E-state index in [-0.39, 0.29) is 11.9 Å². The molecular weight excluding hydrogens is 414 g/mol. The molecule has 33 heavy (non-hydrogen) atoms. The smallest absolute Gasteiger partial charge is 0.273 e. The maximum Gasteiger partial charge on any atom is 0.273 e.